The van der Waals surface area contributed by atoms with Crippen LogP contribution in [-0.2, 0) is 4.79 Å². The summed E-state index contributed by atoms with van der Waals surface area (Å²) in [4.78, 5) is 14.3. The first-order valence-electron chi connectivity index (χ1n) is 7.70. The number of nitrogens with two attached hydrogens (primary N) is 1. The van der Waals surface area contributed by atoms with E-state index in [2.05, 4.69) is 31.0 Å². The van der Waals surface area contributed by atoms with E-state index in [1.807, 2.05) is 6.92 Å². The molecule has 1 fully saturated rings. The van der Waals surface area contributed by atoms with E-state index in [-0.39, 0.29) is 11.9 Å². The molecule has 0 saturated heterocycles. The number of rotatable bonds is 7. The zero-order chi connectivity index (χ0) is 14.5. The van der Waals surface area contributed by atoms with E-state index < -0.39 is 5.54 Å². The summed E-state index contributed by atoms with van der Waals surface area (Å²) in [6.45, 7) is 9.90. The predicted molar refractivity (Wildman–Crippen MR) is 80.0 cm³/mol. The van der Waals surface area contributed by atoms with Gasteiger partial charge in [-0.05, 0) is 40.2 Å². The molecular formula is C15H31N3O. The molecule has 1 aliphatic rings. The first kappa shape index (κ1) is 16.4. The number of hydrogen-bond donors (Lipinski definition) is 2. The van der Waals surface area contributed by atoms with Gasteiger partial charge in [-0.25, -0.2) is 0 Å². The number of hydrogen-bond acceptors (Lipinski definition) is 3. The zero-order valence-corrected chi connectivity index (χ0v) is 13.0. The molecule has 112 valence electrons. The summed E-state index contributed by atoms with van der Waals surface area (Å²) in [6, 6.07) is 0.869. The summed E-state index contributed by atoms with van der Waals surface area (Å²) in [5, 5.41) is 3.34. The second-order valence-electron chi connectivity index (χ2n) is 6.35. The van der Waals surface area contributed by atoms with Crippen LogP contribution in [0.1, 0.15) is 59.8 Å². The summed E-state index contributed by atoms with van der Waals surface area (Å²) in [6.07, 6.45) is 6.48. The molecule has 0 bridgehead atoms. The van der Waals surface area contributed by atoms with Crippen LogP contribution in [0.3, 0.4) is 0 Å². The van der Waals surface area contributed by atoms with Gasteiger partial charge in [0.2, 0.25) is 5.91 Å². The third-order valence-corrected chi connectivity index (χ3v) is 4.17. The molecule has 0 heterocycles. The second-order valence-corrected chi connectivity index (χ2v) is 6.35. The maximum Gasteiger partial charge on any atom is 0.238 e. The number of likely N-dealkylation sites (N-methyl/N-ethyl adjacent to an activating group) is 1. The third-order valence-electron chi connectivity index (χ3n) is 4.17. The number of carbonyl (C=O) groups is 1. The van der Waals surface area contributed by atoms with Crippen LogP contribution in [0.2, 0.25) is 0 Å². The second kappa shape index (κ2) is 7.25. The number of amides is 1. The number of nitrogens with zero attached hydrogens (tertiary/aromatic N) is 1. The molecule has 4 heteroatoms. The Hall–Kier alpha value is -0.610. The largest absolute Gasteiger partial charge is 0.368 e. The minimum atomic E-state index is -0.637. The van der Waals surface area contributed by atoms with Gasteiger partial charge in [0, 0.05) is 18.6 Å². The lowest BCUT2D eigenvalue weighted by atomic mass is 9.91. The van der Waals surface area contributed by atoms with Crippen LogP contribution < -0.4 is 11.1 Å². The van der Waals surface area contributed by atoms with E-state index in [4.69, 9.17) is 5.73 Å². The predicted octanol–water partition coefficient (Wildman–Crippen LogP) is 1.88. The minimum absolute atomic E-state index is 0.252. The first-order valence-corrected chi connectivity index (χ1v) is 7.70. The summed E-state index contributed by atoms with van der Waals surface area (Å²) < 4.78 is 0. The highest BCUT2D eigenvalue weighted by Gasteiger charge is 2.35. The van der Waals surface area contributed by atoms with E-state index >= 15 is 0 Å². The molecule has 1 aliphatic carbocycles. The van der Waals surface area contributed by atoms with Gasteiger partial charge in [-0.3, -0.25) is 9.69 Å². The van der Waals surface area contributed by atoms with E-state index in [0.29, 0.717) is 12.6 Å². The molecule has 0 spiro atoms. The molecule has 0 aromatic heterocycles. The fourth-order valence-electron chi connectivity index (χ4n) is 3.18. The van der Waals surface area contributed by atoms with Crippen LogP contribution in [0.5, 0.6) is 0 Å². The fourth-order valence-corrected chi connectivity index (χ4v) is 3.18. The third kappa shape index (κ3) is 4.77. The van der Waals surface area contributed by atoms with Crippen molar-refractivity contribution in [2.24, 2.45) is 5.73 Å². The lowest BCUT2D eigenvalue weighted by molar-refractivity contribution is -0.125. The van der Waals surface area contributed by atoms with Gasteiger partial charge in [0.05, 0.1) is 0 Å². The molecule has 0 aliphatic heterocycles. The molecule has 0 aromatic carbocycles. The van der Waals surface area contributed by atoms with E-state index in [0.717, 1.165) is 6.54 Å². The zero-order valence-electron chi connectivity index (χ0n) is 13.0. The molecular weight excluding hydrogens is 238 g/mol. The van der Waals surface area contributed by atoms with Crippen LogP contribution in [0.25, 0.3) is 0 Å². The van der Waals surface area contributed by atoms with Crippen LogP contribution in [0.4, 0.5) is 0 Å². The Morgan fingerprint density at radius 1 is 1.37 bits per heavy atom. The molecule has 4 nitrogen and oxygen atoms in total. The molecule has 1 atom stereocenters. The van der Waals surface area contributed by atoms with E-state index in [9.17, 15) is 4.79 Å². The van der Waals surface area contributed by atoms with Gasteiger partial charge in [0.25, 0.3) is 0 Å². The smallest absolute Gasteiger partial charge is 0.238 e. The highest BCUT2D eigenvalue weighted by Crippen LogP contribution is 2.24. The van der Waals surface area contributed by atoms with Crippen molar-refractivity contribution in [1.82, 2.24) is 10.2 Å². The minimum Gasteiger partial charge on any atom is -0.368 e. The number of nitrogens with one attached hydrogen (secondary N) is 1. The van der Waals surface area contributed by atoms with Crippen molar-refractivity contribution < 1.29 is 4.79 Å². The van der Waals surface area contributed by atoms with Gasteiger partial charge in [-0.1, -0.05) is 26.2 Å². The molecule has 1 amide bonds. The van der Waals surface area contributed by atoms with Crippen molar-refractivity contribution in [3.05, 3.63) is 0 Å². The van der Waals surface area contributed by atoms with Crippen LogP contribution in [-0.4, -0.2) is 41.5 Å². The van der Waals surface area contributed by atoms with E-state index in [1.54, 1.807) is 0 Å². The van der Waals surface area contributed by atoms with Crippen molar-refractivity contribution in [3.63, 3.8) is 0 Å². The van der Waals surface area contributed by atoms with E-state index in [1.165, 1.54) is 32.1 Å². The molecule has 1 saturated carbocycles. The summed E-state index contributed by atoms with van der Waals surface area (Å²) >= 11 is 0. The van der Waals surface area contributed by atoms with Crippen molar-refractivity contribution in [1.29, 1.82) is 0 Å². The highest BCUT2D eigenvalue weighted by atomic mass is 16.1. The Bertz CT molecular complexity index is 287. The monoisotopic (exact) mass is 269 g/mol. The number of carbonyl (C=O) groups excluding carboxylic acids is 1. The van der Waals surface area contributed by atoms with Gasteiger partial charge in [0.15, 0.2) is 0 Å². The standard InChI is InChI=1S/C15H31N3O/c1-5-18(13-9-7-6-8-10-13)11-15(4,14(16)19)17-12(2)3/h12-13,17H,5-11H2,1-4H3,(H2,16,19). The van der Waals surface area contributed by atoms with Crippen molar-refractivity contribution in [2.75, 3.05) is 13.1 Å². The number of primary amides is 1. The average Bonchev–Trinajstić information content (AvgIpc) is 2.36. The van der Waals surface area contributed by atoms with Gasteiger partial charge in [-0.2, -0.15) is 0 Å². The summed E-state index contributed by atoms with van der Waals surface area (Å²) in [5.74, 6) is -0.254. The average molecular weight is 269 g/mol. The Labute approximate surface area is 118 Å². The normalized spacial score (nSPS) is 20.7. The van der Waals surface area contributed by atoms with Crippen LogP contribution >= 0.6 is 0 Å². The first-order chi connectivity index (χ1) is 8.89. The molecule has 0 radical (unpaired) electrons. The Morgan fingerprint density at radius 3 is 2.37 bits per heavy atom. The van der Waals surface area contributed by atoms with Crippen molar-refractivity contribution in [2.45, 2.75) is 77.4 Å². The van der Waals surface area contributed by atoms with Gasteiger partial charge >= 0.3 is 0 Å². The van der Waals surface area contributed by atoms with Gasteiger partial charge in [0.1, 0.15) is 5.54 Å². The van der Waals surface area contributed by atoms with Crippen molar-refractivity contribution >= 4 is 5.91 Å². The lowest BCUT2D eigenvalue weighted by Crippen LogP contribution is -2.62. The Morgan fingerprint density at radius 2 is 1.95 bits per heavy atom. The van der Waals surface area contributed by atoms with Crippen LogP contribution in [0.15, 0.2) is 0 Å². The van der Waals surface area contributed by atoms with Gasteiger partial charge < -0.3 is 11.1 Å². The lowest BCUT2D eigenvalue weighted by Gasteiger charge is -2.40. The highest BCUT2D eigenvalue weighted by molar-refractivity contribution is 5.84. The molecule has 0 aromatic rings. The van der Waals surface area contributed by atoms with Crippen molar-refractivity contribution in [3.8, 4) is 0 Å². The maximum absolute atomic E-state index is 11.8. The summed E-state index contributed by atoms with van der Waals surface area (Å²) in [7, 11) is 0. The molecule has 1 unspecified atom stereocenters. The van der Waals surface area contributed by atoms with Gasteiger partial charge in [-0.15, -0.1) is 0 Å². The van der Waals surface area contributed by atoms with Crippen LogP contribution in [0, 0.1) is 0 Å². The molecule has 19 heavy (non-hydrogen) atoms. The maximum atomic E-state index is 11.8. The molecule has 1 rings (SSSR count). The Kier molecular flexibility index (Phi) is 6.27. The molecule has 3 N–H and O–H groups in total. The Balaban J connectivity index is 2.71. The fraction of sp³-hybridized carbons (Fsp3) is 0.933. The topological polar surface area (TPSA) is 58.4 Å². The quantitative estimate of drug-likeness (QED) is 0.742. The SMILES string of the molecule is CCN(CC(C)(NC(C)C)C(N)=O)C1CCCCC1. The summed E-state index contributed by atoms with van der Waals surface area (Å²) in [5.41, 5.74) is 4.99.